The third-order valence-electron chi connectivity index (χ3n) is 4.21. The summed E-state index contributed by atoms with van der Waals surface area (Å²) < 4.78 is 1.21. The molecule has 4 aromatic rings. The molecule has 0 atom stereocenters. The van der Waals surface area contributed by atoms with E-state index in [9.17, 15) is 0 Å². The number of halogens is 2. The van der Waals surface area contributed by atoms with Crippen LogP contribution in [0.25, 0.3) is 26.9 Å². The van der Waals surface area contributed by atoms with Crippen LogP contribution in [0.3, 0.4) is 0 Å². The largest absolute Gasteiger partial charge is 0.257 e. The van der Waals surface area contributed by atoms with Crippen molar-refractivity contribution in [3.63, 3.8) is 0 Å². The Hall–Kier alpha value is -2.46. The molecule has 3 aromatic carbocycles. The minimum atomic E-state index is 0.618. The second-order valence-corrected chi connectivity index (χ2v) is 8.21. The van der Waals surface area contributed by atoms with Crippen LogP contribution in [-0.4, -0.2) is 11.2 Å². The van der Waals surface area contributed by atoms with Gasteiger partial charge in [-0.2, -0.15) is 0 Å². The molecular weight excluding hydrogens is 407 g/mol. The minimum absolute atomic E-state index is 0.618. The van der Waals surface area contributed by atoms with Crippen molar-refractivity contribution in [2.24, 2.45) is 4.99 Å². The summed E-state index contributed by atoms with van der Waals surface area (Å²) in [5, 5.41) is 2.26. The molecule has 1 heterocycles. The molecule has 0 fully saturated rings. The summed E-state index contributed by atoms with van der Waals surface area (Å²) in [6.07, 6.45) is 5.51. The van der Waals surface area contributed by atoms with Gasteiger partial charge in [-0.25, -0.2) is 4.98 Å². The average Bonchev–Trinajstić information content (AvgIpc) is 3.10. The highest BCUT2D eigenvalue weighted by Crippen LogP contribution is 2.31. The van der Waals surface area contributed by atoms with Gasteiger partial charge in [0.15, 0.2) is 0 Å². The highest BCUT2D eigenvalue weighted by Gasteiger charge is 2.06. The van der Waals surface area contributed by atoms with Crippen LogP contribution in [0.1, 0.15) is 11.1 Å². The summed E-state index contributed by atoms with van der Waals surface area (Å²) in [4.78, 5) is 9.18. The molecule has 0 N–H and O–H groups in total. The molecule has 5 heteroatoms. The number of aromatic nitrogens is 1. The number of thiazole rings is 1. The molecule has 0 saturated heterocycles. The Balaban J connectivity index is 1.48. The maximum absolute atomic E-state index is 6.15. The lowest BCUT2D eigenvalue weighted by Gasteiger charge is -1.98. The van der Waals surface area contributed by atoms with E-state index in [2.05, 4.69) is 42.2 Å². The van der Waals surface area contributed by atoms with E-state index in [0.717, 1.165) is 27.3 Å². The monoisotopic (exact) mass is 422 g/mol. The normalized spacial score (nSPS) is 11.8. The van der Waals surface area contributed by atoms with Crippen molar-refractivity contribution < 1.29 is 0 Å². The molecule has 28 heavy (non-hydrogen) atoms. The second kappa shape index (κ2) is 8.27. The zero-order valence-electron chi connectivity index (χ0n) is 15.1. The number of benzene rings is 3. The van der Waals surface area contributed by atoms with Crippen molar-refractivity contribution in [1.29, 1.82) is 0 Å². The summed E-state index contributed by atoms with van der Waals surface area (Å²) >= 11 is 13.8. The SMILES string of the molecule is Cc1ccc2nc(-c3ccc(N=C/C=C\c4ccc(Cl)cc4Cl)cc3)sc2c1. The topological polar surface area (TPSA) is 25.2 Å². The lowest BCUT2D eigenvalue weighted by Crippen LogP contribution is -1.76. The Kier molecular flexibility index (Phi) is 5.58. The number of hydrogen-bond acceptors (Lipinski definition) is 3. The van der Waals surface area contributed by atoms with E-state index >= 15 is 0 Å². The molecule has 0 aliphatic heterocycles. The van der Waals surface area contributed by atoms with Crippen LogP contribution in [0, 0.1) is 6.92 Å². The Morgan fingerprint density at radius 3 is 2.57 bits per heavy atom. The Morgan fingerprint density at radius 1 is 0.964 bits per heavy atom. The molecule has 0 bridgehead atoms. The van der Waals surface area contributed by atoms with E-state index < -0.39 is 0 Å². The maximum Gasteiger partial charge on any atom is 0.124 e. The van der Waals surface area contributed by atoms with E-state index in [4.69, 9.17) is 28.2 Å². The zero-order chi connectivity index (χ0) is 19.5. The number of hydrogen-bond donors (Lipinski definition) is 0. The Morgan fingerprint density at radius 2 is 1.79 bits per heavy atom. The quantitative estimate of drug-likeness (QED) is 0.305. The van der Waals surface area contributed by atoms with Crippen molar-refractivity contribution >= 4 is 62.7 Å². The lowest BCUT2D eigenvalue weighted by atomic mass is 10.2. The van der Waals surface area contributed by atoms with Crippen LogP contribution in [0.2, 0.25) is 10.0 Å². The van der Waals surface area contributed by atoms with Crippen molar-refractivity contribution in [1.82, 2.24) is 4.98 Å². The first kappa shape index (κ1) is 18.9. The highest BCUT2D eigenvalue weighted by atomic mass is 35.5. The van der Waals surface area contributed by atoms with E-state index in [0.29, 0.717) is 10.0 Å². The predicted molar refractivity (Wildman–Crippen MR) is 123 cm³/mol. The van der Waals surface area contributed by atoms with Gasteiger partial charge < -0.3 is 0 Å². The average molecular weight is 423 g/mol. The van der Waals surface area contributed by atoms with Crippen LogP contribution in [0.5, 0.6) is 0 Å². The summed E-state index contributed by atoms with van der Waals surface area (Å²) in [6, 6.07) is 19.8. The molecule has 0 radical (unpaired) electrons. The second-order valence-electron chi connectivity index (χ2n) is 6.34. The molecule has 0 aliphatic rings. The van der Waals surface area contributed by atoms with E-state index in [1.165, 1.54) is 10.3 Å². The van der Waals surface area contributed by atoms with E-state index in [-0.39, 0.29) is 0 Å². The van der Waals surface area contributed by atoms with Gasteiger partial charge in [-0.15, -0.1) is 11.3 Å². The molecule has 0 unspecified atom stereocenters. The van der Waals surface area contributed by atoms with Crippen LogP contribution in [-0.2, 0) is 0 Å². The Labute approximate surface area is 177 Å². The molecule has 4 rings (SSSR count). The van der Waals surface area contributed by atoms with Gasteiger partial charge >= 0.3 is 0 Å². The van der Waals surface area contributed by atoms with Crippen LogP contribution in [0.15, 0.2) is 71.7 Å². The molecule has 138 valence electrons. The molecule has 1 aromatic heterocycles. The Bertz CT molecular complexity index is 1190. The number of rotatable bonds is 4. The number of fused-ring (bicyclic) bond motifs is 1. The van der Waals surface area contributed by atoms with Crippen molar-refractivity contribution in [3.05, 3.63) is 87.9 Å². The number of aryl methyl sites for hydroxylation is 1. The van der Waals surface area contributed by atoms with Gasteiger partial charge in [0.1, 0.15) is 5.01 Å². The highest BCUT2D eigenvalue weighted by molar-refractivity contribution is 7.21. The van der Waals surface area contributed by atoms with Crippen molar-refractivity contribution in [2.45, 2.75) is 6.92 Å². The first-order valence-electron chi connectivity index (χ1n) is 8.72. The van der Waals surface area contributed by atoms with Gasteiger partial charge in [-0.1, -0.05) is 41.4 Å². The van der Waals surface area contributed by atoms with Crippen molar-refractivity contribution in [2.75, 3.05) is 0 Å². The van der Waals surface area contributed by atoms with Crippen LogP contribution >= 0.6 is 34.5 Å². The summed E-state index contributed by atoms with van der Waals surface area (Å²) in [7, 11) is 0. The third-order valence-corrected chi connectivity index (χ3v) is 5.84. The fourth-order valence-electron chi connectivity index (χ4n) is 2.76. The molecule has 0 spiro atoms. The maximum atomic E-state index is 6.15. The van der Waals surface area contributed by atoms with Crippen molar-refractivity contribution in [3.8, 4) is 10.6 Å². The third kappa shape index (κ3) is 4.33. The smallest absolute Gasteiger partial charge is 0.124 e. The van der Waals surface area contributed by atoms with Crippen LogP contribution < -0.4 is 0 Å². The van der Waals surface area contributed by atoms with Gasteiger partial charge in [-0.3, -0.25) is 4.99 Å². The molecule has 2 nitrogen and oxygen atoms in total. The first-order valence-corrected chi connectivity index (χ1v) is 10.3. The first-order chi connectivity index (χ1) is 13.6. The van der Waals surface area contributed by atoms with E-state index in [1.54, 1.807) is 23.6 Å². The van der Waals surface area contributed by atoms with Gasteiger partial charge in [0, 0.05) is 21.8 Å². The fourth-order valence-corrected chi connectivity index (χ4v) is 4.30. The van der Waals surface area contributed by atoms with E-state index in [1.807, 2.05) is 36.4 Å². The predicted octanol–water partition coefficient (Wildman–Crippen LogP) is 7.99. The van der Waals surface area contributed by atoms with Crippen LogP contribution in [0.4, 0.5) is 5.69 Å². The number of aliphatic imine (C=N–C) groups is 1. The van der Waals surface area contributed by atoms with Gasteiger partial charge in [0.05, 0.1) is 15.9 Å². The summed E-state index contributed by atoms with van der Waals surface area (Å²) in [5.41, 5.74) is 5.17. The molecule has 0 saturated carbocycles. The fraction of sp³-hybridized carbons (Fsp3) is 0.0435. The standard InChI is InChI=1S/C23H16Cl2N2S/c1-15-4-11-21-22(13-15)28-23(27-21)17-6-9-19(10-7-17)26-12-2-3-16-5-8-18(24)14-20(16)25/h2-14H,1H3/b3-2-,26-12?. The number of allylic oxidation sites excluding steroid dienone is 1. The zero-order valence-corrected chi connectivity index (χ0v) is 17.4. The summed E-state index contributed by atoms with van der Waals surface area (Å²) in [5.74, 6) is 0. The molecule has 0 amide bonds. The molecule has 0 aliphatic carbocycles. The molecular formula is C23H16Cl2N2S. The van der Waals surface area contributed by atoms with Gasteiger partial charge in [0.2, 0.25) is 0 Å². The van der Waals surface area contributed by atoms with Gasteiger partial charge in [0.25, 0.3) is 0 Å². The number of nitrogens with zero attached hydrogens (tertiary/aromatic N) is 2. The summed E-state index contributed by atoms with van der Waals surface area (Å²) in [6.45, 7) is 2.10. The lowest BCUT2D eigenvalue weighted by molar-refractivity contribution is 1.45. The minimum Gasteiger partial charge on any atom is -0.257 e. The van der Waals surface area contributed by atoms with Gasteiger partial charge in [-0.05, 0) is 72.7 Å².